The summed E-state index contributed by atoms with van der Waals surface area (Å²) in [6.45, 7) is 5.42. The summed E-state index contributed by atoms with van der Waals surface area (Å²) in [7, 11) is 0. The highest BCUT2D eigenvalue weighted by atomic mass is 35.5. The second-order valence-corrected chi connectivity index (χ2v) is 6.07. The fraction of sp³-hybridized carbons (Fsp3) is 0.611. The molecule has 128 valence electrons. The van der Waals surface area contributed by atoms with Crippen LogP contribution in [0.2, 0.25) is 0 Å². The topological polar surface area (TPSA) is 67.3 Å². The summed E-state index contributed by atoms with van der Waals surface area (Å²) in [6.07, 6.45) is 6.57. The lowest BCUT2D eigenvalue weighted by molar-refractivity contribution is 0.0693. The van der Waals surface area contributed by atoms with Gasteiger partial charge in [0.15, 0.2) is 5.78 Å². The Morgan fingerprint density at radius 2 is 1.57 bits per heavy atom. The molecule has 1 aliphatic rings. The van der Waals surface area contributed by atoms with Gasteiger partial charge in [-0.05, 0) is 44.1 Å². The van der Waals surface area contributed by atoms with Crippen LogP contribution >= 0.6 is 12.4 Å². The second-order valence-electron chi connectivity index (χ2n) is 6.07. The highest BCUT2D eigenvalue weighted by molar-refractivity contribution is 6.01. The van der Waals surface area contributed by atoms with Crippen molar-refractivity contribution < 1.29 is 14.7 Å². The molecule has 4 nitrogen and oxygen atoms in total. The van der Waals surface area contributed by atoms with Gasteiger partial charge in [-0.1, -0.05) is 33.1 Å². The van der Waals surface area contributed by atoms with Gasteiger partial charge in [-0.15, -0.1) is 12.4 Å². The Morgan fingerprint density at radius 3 is 2.00 bits per heavy atom. The van der Waals surface area contributed by atoms with E-state index in [1.54, 1.807) is 0 Å². The molecule has 0 aliphatic heterocycles. The first kappa shape index (κ1) is 19.6. The zero-order valence-electron chi connectivity index (χ0n) is 14.1. The van der Waals surface area contributed by atoms with Crippen LogP contribution in [0.3, 0.4) is 0 Å². The van der Waals surface area contributed by atoms with Crippen LogP contribution in [0.15, 0.2) is 0 Å². The molecule has 0 atom stereocenters. The summed E-state index contributed by atoms with van der Waals surface area (Å²) >= 11 is 0. The predicted octanol–water partition coefficient (Wildman–Crippen LogP) is 4.58. The van der Waals surface area contributed by atoms with Crippen molar-refractivity contribution in [3.63, 3.8) is 0 Å². The van der Waals surface area contributed by atoms with Gasteiger partial charge >= 0.3 is 5.97 Å². The number of pyridine rings is 1. The number of carbonyl (C=O) groups is 2. The first-order chi connectivity index (χ1) is 10.5. The zero-order valence-corrected chi connectivity index (χ0v) is 15.0. The van der Waals surface area contributed by atoms with Crippen molar-refractivity contribution in [1.82, 2.24) is 4.98 Å². The third-order valence-corrected chi connectivity index (χ3v) is 4.63. The molecule has 1 fully saturated rings. The van der Waals surface area contributed by atoms with Gasteiger partial charge in [0, 0.05) is 5.56 Å². The number of carbonyl (C=O) groups excluding carboxylic acids is 1. The number of aromatic nitrogens is 1. The van der Waals surface area contributed by atoms with Crippen LogP contribution in [-0.2, 0) is 12.8 Å². The molecule has 0 bridgehead atoms. The number of aryl methyl sites for hydroxylation is 2. The maximum atomic E-state index is 12.2. The number of aromatic carboxylic acids is 1. The minimum atomic E-state index is -0.949. The van der Waals surface area contributed by atoms with E-state index in [9.17, 15) is 14.7 Å². The highest BCUT2D eigenvalue weighted by Gasteiger charge is 2.30. The van der Waals surface area contributed by atoms with E-state index in [0.29, 0.717) is 24.1 Å². The summed E-state index contributed by atoms with van der Waals surface area (Å²) in [5.74, 6) is -0.831. The molecule has 0 aromatic carbocycles. The van der Waals surface area contributed by atoms with Crippen LogP contribution in [0.4, 0.5) is 0 Å². The minimum Gasteiger partial charge on any atom is -0.478 e. The second kappa shape index (κ2) is 8.44. The van der Waals surface area contributed by atoms with Crippen molar-refractivity contribution in [2.24, 2.45) is 0 Å². The van der Waals surface area contributed by atoms with E-state index < -0.39 is 5.97 Å². The summed E-state index contributed by atoms with van der Waals surface area (Å²) in [5, 5.41) is 9.73. The van der Waals surface area contributed by atoms with Crippen LogP contribution in [0.1, 0.15) is 96.5 Å². The van der Waals surface area contributed by atoms with Crippen molar-refractivity contribution >= 4 is 24.2 Å². The first-order valence-corrected chi connectivity index (χ1v) is 8.31. The number of carboxylic acids is 1. The van der Waals surface area contributed by atoms with Gasteiger partial charge in [-0.3, -0.25) is 9.78 Å². The number of hydrogen-bond donors (Lipinski definition) is 1. The molecule has 1 saturated carbocycles. The molecule has 1 aliphatic carbocycles. The number of Topliss-reactive ketones (excluding diaryl/α,β-unsaturated/α-hetero) is 1. The molecule has 0 saturated heterocycles. The Kier molecular flexibility index (Phi) is 7.20. The van der Waals surface area contributed by atoms with Gasteiger partial charge in [0.2, 0.25) is 0 Å². The van der Waals surface area contributed by atoms with Crippen molar-refractivity contribution in [2.75, 3.05) is 0 Å². The third-order valence-electron chi connectivity index (χ3n) is 4.63. The van der Waals surface area contributed by atoms with Crippen LogP contribution < -0.4 is 0 Å². The van der Waals surface area contributed by atoms with Gasteiger partial charge in [-0.2, -0.15) is 0 Å². The smallest absolute Gasteiger partial charge is 0.337 e. The molecule has 1 N–H and O–H groups in total. The quantitative estimate of drug-likeness (QED) is 0.797. The van der Waals surface area contributed by atoms with Gasteiger partial charge in [0.1, 0.15) is 0 Å². The van der Waals surface area contributed by atoms with Crippen LogP contribution in [0, 0.1) is 0 Å². The Hall–Kier alpha value is -1.42. The van der Waals surface area contributed by atoms with Crippen molar-refractivity contribution in [3.05, 3.63) is 28.1 Å². The lowest BCUT2D eigenvalue weighted by atomic mass is 9.78. The van der Waals surface area contributed by atoms with Crippen molar-refractivity contribution in [2.45, 2.75) is 71.6 Å². The van der Waals surface area contributed by atoms with Crippen LogP contribution in [0.5, 0.6) is 0 Å². The Labute approximate surface area is 144 Å². The Bertz CT molecular complexity index is 552. The normalized spacial score (nSPS) is 15.1. The number of halogens is 1. The number of nitrogens with zero attached hydrogens (tertiary/aromatic N) is 1. The molecule has 5 heteroatoms. The maximum absolute atomic E-state index is 12.2. The Balaban J connectivity index is 0.00000264. The lowest BCUT2D eigenvalue weighted by Gasteiger charge is -2.27. The van der Waals surface area contributed by atoms with Crippen LogP contribution in [-0.4, -0.2) is 21.8 Å². The molecule has 2 rings (SSSR count). The fourth-order valence-electron chi connectivity index (χ4n) is 3.65. The molecule has 0 radical (unpaired) electrons. The molecule has 0 amide bonds. The largest absolute Gasteiger partial charge is 0.478 e. The highest BCUT2D eigenvalue weighted by Crippen LogP contribution is 2.38. The van der Waals surface area contributed by atoms with Crippen molar-refractivity contribution in [1.29, 1.82) is 0 Å². The SMILES string of the molecule is CCc1nc(CC)c(C(=O)O)c(C2CCCCC2)c1C(C)=O.Cl. The zero-order chi connectivity index (χ0) is 16.3. The molecular formula is C18H26ClNO3. The summed E-state index contributed by atoms with van der Waals surface area (Å²) < 4.78 is 0. The maximum Gasteiger partial charge on any atom is 0.337 e. The van der Waals surface area contributed by atoms with Gasteiger partial charge in [-0.25, -0.2) is 4.79 Å². The number of carboxylic acid groups (broad SMARTS) is 1. The van der Waals surface area contributed by atoms with E-state index in [0.717, 1.165) is 36.9 Å². The monoisotopic (exact) mass is 339 g/mol. The predicted molar refractivity (Wildman–Crippen MR) is 93.0 cm³/mol. The molecule has 0 unspecified atom stereocenters. The van der Waals surface area contributed by atoms with Crippen LogP contribution in [0.25, 0.3) is 0 Å². The minimum absolute atomic E-state index is 0. The lowest BCUT2D eigenvalue weighted by Crippen LogP contribution is -2.21. The average molecular weight is 340 g/mol. The molecule has 1 aromatic heterocycles. The first-order valence-electron chi connectivity index (χ1n) is 8.31. The van der Waals surface area contributed by atoms with E-state index in [2.05, 4.69) is 4.98 Å². The number of hydrogen-bond acceptors (Lipinski definition) is 3. The fourth-order valence-corrected chi connectivity index (χ4v) is 3.65. The molecular weight excluding hydrogens is 314 g/mol. The van der Waals surface area contributed by atoms with Gasteiger partial charge in [0.05, 0.1) is 17.0 Å². The molecule has 0 spiro atoms. The third kappa shape index (κ3) is 3.92. The standard InChI is InChI=1S/C18H25NO3.ClH/c1-4-13-15(11(3)20)16(12-9-7-6-8-10-12)17(18(21)22)14(5-2)19-13;/h12H,4-10H2,1-3H3,(H,21,22);1H. The van der Waals surface area contributed by atoms with Gasteiger partial charge in [0.25, 0.3) is 0 Å². The van der Waals surface area contributed by atoms with E-state index in [4.69, 9.17) is 0 Å². The summed E-state index contributed by atoms with van der Waals surface area (Å²) in [5.41, 5.74) is 3.01. The van der Waals surface area contributed by atoms with Gasteiger partial charge < -0.3 is 5.11 Å². The Morgan fingerprint density at radius 1 is 1.04 bits per heavy atom. The van der Waals surface area contributed by atoms with E-state index >= 15 is 0 Å². The van der Waals surface area contributed by atoms with E-state index in [1.165, 1.54) is 13.3 Å². The summed E-state index contributed by atoms with van der Waals surface area (Å²) in [4.78, 5) is 28.6. The molecule has 1 aromatic rings. The average Bonchev–Trinajstić information content (AvgIpc) is 2.53. The van der Waals surface area contributed by atoms with E-state index in [-0.39, 0.29) is 29.7 Å². The number of ketones is 1. The molecule has 1 heterocycles. The molecule has 23 heavy (non-hydrogen) atoms. The summed E-state index contributed by atoms with van der Waals surface area (Å²) in [6, 6.07) is 0. The van der Waals surface area contributed by atoms with Crippen molar-refractivity contribution in [3.8, 4) is 0 Å². The van der Waals surface area contributed by atoms with E-state index in [1.807, 2.05) is 13.8 Å². The number of rotatable bonds is 5.